The van der Waals surface area contributed by atoms with Crippen molar-refractivity contribution in [3.8, 4) is 11.4 Å². The monoisotopic (exact) mass is 343 g/mol. The van der Waals surface area contributed by atoms with Gasteiger partial charge in [-0.15, -0.1) is 15.0 Å². The number of benzene rings is 3. The molecule has 0 aliphatic heterocycles. The van der Waals surface area contributed by atoms with Gasteiger partial charge in [-0.1, -0.05) is 35.9 Å². The van der Waals surface area contributed by atoms with Gasteiger partial charge in [0.05, 0.1) is 5.56 Å². The molecule has 4 rings (SSSR count). The van der Waals surface area contributed by atoms with E-state index in [9.17, 15) is 4.79 Å². The standard InChI is InChI=1S/C21H17N3O2/c1-14-6-5-7-16(12-14)21(25)26-20-11-10-15(2)13-19(20)24-22-17-8-3-4-9-18(17)23-24/h3-13H,1-2H3. The lowest BCUT2D eigenvalue weighted by Crippen LogP contribution is -2.11. The average molecular weight is 343 g/mol. The molecule has 5 heteroatoms. The molecule has 3 aromatic carbocycles. The maximum absolute atomic E-state index is 12.5. The largest absolute Gasteiger partial charge is 0.421 e. The number of aryl methyl sites for hydroxylation is 2. The molecule has 0 radical (unpaired) electrons. The van der Waals surface area contributed by atoms with Crippen LogP contribution in [0.4, 0.5) is 0 Å². The Hall–Kier alpha value is -3.47. The van der Waals surface area contributed by atoms with Crippen LogP contribution in [0.15, 0.2) is 66.7 Å². The zero-order chi connectivity index (χ0) is 18.1. The molecule has 4 aromatic rings. The number of ether oxygens (including phenoxy) is 1. The van der Waals surface area contributed by atoms with Crippen molar-refractivity contribution < 1.29 is 9.53 Å². The molecular weight excluding hydrogens is 326 g/mol. The Morgan fingerprint density at radius 3 is 2.23 bits per heavy atom. The first-order chi connectivity index (χ1) is 12.6. The summed E-state index contributed by atoms with van der Waals surface area (Å²) in [6, 6.07) is 20.5. The molecule has 0 fully saturated rings. The fourth-order valence-electron chi connectivity index (χ4n) is 2.77. The first-order valence-electron chi connectivity index (χ1n) is 8.32. The summed E-state index contributed by atoms with van der Waals surface area (Å²) in [6.07, 6.45) is 0. The predicted octanol–water partition coefficient (Wildman–Crippen LogP) is 4.26. The highest BCUT2D eigenvalue weighted by molar-refractivity contribution is 5.91. The number of esters is 1. The number of aromatic nitrogens is 3. The van der Waals surface area contributed by atoms with Crippen LogP contribution in [0.25, 0.3) is 16.7 Å². The Labute approximate surface area is 150 Å². The van der Waals surface area contributed by atoms with E-state index in [2.05, 4.69) is 10.2 Å². The second-order valence-electron chi connectivity index (χ2n) is 6.21. The molecule has 0 atom stereocenters. The first-order valence-corrected chi connectivity index (χ1v) is 8.32. The molecule has 0 N–H and O–H groups in total. The van der Waals surface area contributed by atoms with E-state index in [0.717, 1.165) is 22.2 Å². The van der Waals surface area contributed by atoms with E-state index in [1.807, 2.05) is 62.4 Å². The van der Waals surface area contributed by atoms with Crippen molar-refractivity contribution in [2.24, 2.45) is 0 Å². The van der Waals surface area contributed by atoms with Crippen LogP contribution >= 0.6 is 0 Å². The summed E-state index contributed by atoms with van der Waals surface area (Å²) < 4.78 is 5.65. The Bertz CT molecular complexity index is 1080. The minimum atomic E-state index is -0.407. The van der Waals surface area contributed by atoms with Crippen LogP contribution in [-0.2, 0) is 0 Å². The van der Waals surface area contributed by atoms with Crippen molar-refractivity contribution in [2.45, 2.75) is 13.8 Å². The van der Waals surface area contributed by atoms with Crippen molar-refractivity contribution in [3.63, 3.8) is 0 Å². The summed E-state index contributed by atoms with van der Waals surface area (Å²) >= 11 is 0. The van der Waals surface area contributed by atoms with Gasteiger partial charge in [0.15, 0.2) is 5.75 Å². The van der Waals surface area contributed by atoms with Crippen molar-refractivity contribution in [1.82, 2.24) is 15.0 Å². The van der Waals surface area contributed by atoms with E-state index >= 15 is 0 Å². The highest BCUT2D eigenvalue weighted by Crippen LogP contribution is 2.25. The molecule has 26 heavy (non-hydrogen) atoms. The van der Waals surface area contributed by atoms with E-state index in [4.69, 9.17) is 4.74 Å². The number of hydrogen-bond donors (Lipinski definition) is 0. The third-order valence-corrected chi connectivity index (χ3v) is 4.07. The Morgan fingerprint density at radius 2 is 1.54 bits per heavy atom. The van der Waals surface area contributed by atoms with Crippen LogP contribution in [0.3, 0.4) is 0 Å². The first kappa shape index (κ1) is 16.0. The molecule has 0 unspecified atom stereocenters. The Balaban J connectivity index is 1.74. The van der Waals surface area contributed by atoms with Crippen LogP contribution in [0, 0.1) is 13.8 Å². The molecule has 0 bridgehead atoms. The molecule has 0 aliphatic carbocycles. The van der Waals surface area contributed by atoms with Gasteiger partial charge in [-0.25, -0.2) is 4.79 Å². The number of fused-ring (bicyclic) bond motifs is 1. The Morgan fingerprint density at radius 1 is 0.846 bits per heavy atom. The highest BCUT2D eigenvalue weighted by Gasteiger charge is 2.15. The molecule has 0 saturated carbocycles. The van der Waals surface area contributed by atoms with Crippen LogP contribution in [0.5, 0.6) is 5.75 Å². The summed E-state index contributed by atoms with van der Waals surface area (Å²) in [6.45, 7) is 3.91. The van der Waals surface area contributed by atoms with Crippen LogP contribution < -0.4 is 4.74 Å². The van der Waals surface area contributed by atoms with Gasteiger partial charge in [0.2, 0.25) is 0 Å². The van der Waals surface area contributed by atoms with Gasteiger partial charge in [-0.2, -0.15) is 0 Å². The molecule has 128 valence electrons. The van der Waals surface area contributed by atoms with Gasteiger partial charge in [-0.3, -0.25) is 0 Å². The van der Waals surface area contributed by atoms with E-state index in [1.165, 1.54) is 4.80 Å². The zero-order valence-electron chi connectivity index (χ0n) is 14.5. The van der Waals surface area contributed by atoms with Crippen molar-refractivity contribution in [1.29, 1.82) is 0 Å². The summed E-state index contributed by atoms with van der Waals surface area (Å²) in [5.41, 5.74) is 4.73. The second kappa shape index (κ2) is 6.44. The molecule has 5 nitrogen and oxygen atoms in total. The van der Waals surface area contributed by atoms with Crippen LogP contribution in [0.2, 0.25) is 0 Å². The van der Waals surface area contributed by atoms with Crippen molar-refractivity contribution in [2.75, 3.05) is 0 Å². The van der Waals surface area contributed by atoms with E-state index in [-0.39, 0.29) is 0 Å². The fraction of sp³-hybridized carbons (Fsp3) is 0.0952. The maximum Gasteiger partial charge on any atom is 0.343 e. The van der Waals surface area contributed by atoms with Crippen LogP contribution in [-0.4, -0.2) is 21.0 Å². The SMILES string of the molecule is Cc1cccc(C(=O)Oc2ccc(C)cc2-n2nc3ccccc3n2)c1. The lowest BCUT2D eigenvalue weighted by molar-refractivity contribution is 0.0734. The van der Waals surface area contributed by atoms with E-state index in [1.54, 1.807) is 18.2 Å². The van der Waals surface area contributed by atoms with Gasteiger partial charge in [-0.05, 0) is 55.8 Å². The second-order valence-corrected chi connectivity index (χ2v) is 6.21. The minimum Gasteiger partial charge on any atom is -0.421 e. The lowest BCUT2D eigenvalue weighted by atomic mass is 10.1. The van der Waals surface area contributed by atoms with Gasteiger partial charge in [0.25, 0.3) is 0 Å². The fourth-order valence-corrected chi connectivity index (χ4v) is 2.77. The maximum atomic E-state index is 12.5. The van der Waals surface area contributed by atoms with E-state index < -0.39 is 5.97 Å². The number of rotatable bonds is 3. The third-order valence-electron chi connectivity index (χ3n) is 4.07. The van der Waals surface area contributed by atoms with Crippen molar-refractivity contribution >= 4 is 17.0 Å². The summed E-state index contributed by atoms with van der Waals surface area (Å²) in [5, 5.41) is 8.99. The quantitative estimate of drug-likeness (QED) is 0.412. The van der Waals surface area contributed by atoms with E-state index in [0.29, 0.717) is 17.0 Å². The molecular formula is C21H17N3O2. The summed E-state index contributed by atoms with van der Waals surface area (Å²) in [7, 11) is 0. The number of carbonyl (C=O) groups excluding carboxylic acids is 1. The normalized spacial score (nSPS) is 10.8. The number of hydrogen-bond acceptors (Lipinski definition) is 4. The van der Waals surface area contributed by atoms with Crippen molar-refractivity contribution in [3.05, 3.63) is 83.4 Å². The topological polar surface area (TPSA) is 57.0 Å². The predicted molar refractivity (Wildman–Crippen MR) is 99.7 cm³/mol. The minimum absolute atomic E-state index is 0.407. The third kappa shape index (κ3) is 3.07. The smallest absolute Gasteiger partial charge is 0.343 e. The molecule has 0 amide bonds. The van der Waals surface area contributed by atoms with Gasteiger partial charge in [0, 0.05) is 0 Å². The molecule has 0 saturated heterocycles. The number of nitrogens with zero attached hydrogens (tertiary/aromatic N) is 3. The van der Waals surface area contributed by atoms with Crippen LogP contribution in [0.1, 0.15) is 21.5 Å². The zero-order valence-corrected chi connectivity index (χ0v) is 14.5. The Kier molecular flexibility index (Phi) is 3.97. The summed E-state index contributed by atoms with van der Waals surface area (Å²) in [5.74, 6) is 0.0120. The molecule has 1 heterocycles. The number of carbonyl (C=O) groups is 1. The average Bonchev–Trinajstić information content (AvgIpc) is 3.07. The van der Waals surface area contributed by atoms with Gasteiger partial charge in [0.1, 0.15) is 16.7 Å². The molecule has 0 aliphatic rings. The van der Waals surface area contributed by atoms with Gasteiger partial charge >= 0.3 is 5.97 Å². The lowest BCUT2D eigenvalue weighted by Gasteiger charge is -2.10. The highest BCUT2D eigenvalue weighted by atomic mass is 16.5. The summed E-state index contributed by atoms with van der Waals surface area (Å²) in [4.78, 5) is 14.0. The van der Waals surface area contributed by atoms with Gasteiger partial charge < -0.3 is 4.74 Å². The molecule has 1 aromatic heterocycles. The molecule has 0 spiro atoms.